The second kappa shape index (κ2) is 7.77. The summed E-state index contributed by atoms with van der Waals surface area (Å²) >= 11 is 0. The molecule has 0 radical (unpaired) electrons. The molecule has 0 fully saturated rings. The van der Waals surface area contributed by atoms with E-state index in [4.69, 9.17) is 9.47 Å². The van der Waals surface area contributed by atoms with E-state index in [1.807, 2.05) is 0 Å². The summed E-state index contributed by atoms with van der Waals surface area (Å²) in [7, 11) is 0. The van der Waals surface area contributed by atoms with Crippen molar-refractivity contribution in [1.82, 2.24) is 5.32 Å². The fraction of sp³-hybridized carbons (Fsp3) is 0.500. The van der Waals surface area contributed by atoms with Gasteiger partial charge >= 0.3 is 12.1 Å². The van der Waals surface area contributed by atoms with Crippen LogP contribution in [-0.4, -0.2) is 24.3 Å². The van der Waals surface area contributed by atoms with Gasteiger partial charge in [0.1, 0.15) is 11.4 Å². The third-order valence-corrected chi connectivity index (χ3v) is 2.65. The van der Waals surface area contributed by atoms with Crippen molar-refractivity contribution in [3.63, 3.8) is 0 Å². The number of benzene rings is 1. The van der Waals surface area contributed by atoms with E-state index in [0.29, 0.717) is 0 Å². The van der Waals surface area contributed by atoms with Crippen molar-refractivity contribution in [2.45, 2.75) is 45.8 Å². The van der Waals surface area contributed by atoms with E-state index >= 15 is 0 Å². The Morgan fingerprint density at radius 2 is 1.91 bits per heavy atom. The molecule has 5 nitrogen and oxygen atoms in total. The van der Waals surface area contributed by atoms with Gasteiger partial charge in [-0.05, 0) is 33.8 Å². The highest BCUT2D eigenvalue weighted by Gasteiger charge is 2.24. The molecular weight excluding hydrogens is 289 g/mol. The number of carbonyl (C=O) groups excluding carboxylic acids is 2. The van der Waals surface area contributed by atoms with Crippen LogP contribution in [0, 0.1) is 5.82 Å². The fourth-order valence-electron chi connectivity index (χ4n) is 1.83. The van der Waals surface area contributed by atoms with Crippen LogP contribution in [0.4, 0.5) is 9.18 Å². The first kappa shape index (κ1) is 17.9. The Morgan fingerprint density at radius 3 is 2.45 bits per heavy atom. The molecule has 1 aromatic rings. The molecular formula is C16H22FNO4. The van der Waals surface area contributed by atoms with Gasteiger partial charge in [0.25, 0.3) is 0 Å². The lowest BCUT2D eigenvalue weighted by molar-refractivity contribution is -0.143. The summed E-state index contributed by atoms with van der Waals surface area (Å²) in [6.07, 6.45) is -0.890. The van der Waals surface area contributed by atoms with E-state index in [1.165, 1.54) is 18.2 Å². The van der Waals surface area contributed by atoms with Crippen LogP contribution in [0.1, 0.15) is 45.7 Å². The highest BCUT2D eigenvalue weighted by Crippen LogP contribution is 2.21. The van der Waals surface area contributed by atoms with Crippen LogP contribution in [0.5, 0.6) is 0 Å². The predicted molar refractivity (Wildman–Crippen MR) is 79.8 cm³/mol. The zero-order valence-corrected chi connectivity index (χ0v) is 13.3. The van der Waals surface area contributed by atoms with Gasteiger partial charge in [-0.3, -0.25) is 4.79 Å². The van der Waals surface area contributed by atoms with Gasteiger partial charge in [0.2, 0.25) is 0 Å². The lowest BCUT2D eigenvalue weighted by atomic mass is 10.0. The average molecular weight is 311 g/mol. The molecule has 0 heterocycles. The molecule has 1 rings (SSSR count). The van der Waals surface area contributed by atoms with Crippen molar-refractivity contribution in [3.8, 4) is 0 Å². The van der Waals surface area contributed by atoms with Crippen molar-refractivity contribution in [2.75, 3.05) is 6.61 Å². The first-order valence-electron chi connectivity index (χ1n) is 7.12. The molecule has 22 heavy (non-hydrogen) atoms. The smallest absolute Gasteiger partial charge is 0.408 e. The van der Waals surface area contributed by atoms with Crippen LogP contribution >= 0.6 is 0 Å². The normalized spacial score (nSPS) is 12.4. The molecule has 1 unspecified atom stereocenters. The maximum atomic E-state index is 13.9. The number of ether oxygens (including phenoxy) is 2. The van der Waals surface area contributed by atoms with Gasteiger partial charge in [-0.25, -0.2) is 9.18 Å². The van der Waals surface area contributed by atoms with Gasteiger partial charge in [-0.2, -0.15) is 0 Å². The zero-order chi connectivity index (χ0) is 16.8. The van der Waals surface area contributed by atoms with E-state index in [1.54, 1.807) is 33.8 Å². The second-order valence-electron chi connectivity index (χ2n) is 5.73. The largest absolute Gasteiger partial charge is 0.466 e. The molecule has 1 atom stereocenters. The van der Waals surface area contributed by atoms with Crippen molar-refractivity contribution in [1.29, 1.82) is 0 Å². The topological polar surface area (TPSA) is 64.6 Å². The zero-order valence-electron chi connectivity index (χ0n) is 13.3. The maximum Gasteiger partial charge on any atom is 0.408 e. The maximum absolute atomic E-state index is 13.9. The molecule has 1 N–H and O–H groups in total. The molecule has 0 saturated heterocycles. The summed E-state index contributed by atoms with van der Waals surface area (Å²) < 4.78 is 23.9. The fourth-order valence-corrected chi connectivity index (χ4v) is 1.83. The minimum Gasteiger partial charge on any atom is -0.466 e. The summed E-state index contributed by atoms with van der Waals surface area (Å²) in [5.41, 5.74) is -0.477. The molecule has 0 spiro atoms. The quantitative estimate of drug-likeness (QED) is 0.847. The summed E-state index contributed by atoms with van der Waals surface area (Å²) in [5.74, 6) is -1.03. The van der Waals surface area contributed by atoms with E-state index in [2.05, 4.69) is 5.32 Å². The molecule has 0 aliphatic heterocycles. The minimum absolute atomic E-state index is 0.173. The number of hydrogen-bond acceptors (Lipinski definition) is 4. The average Bonchev–Trinajstić information content (AvgIpc) is 2.36. The molecule has 6 heteroatoms. The van der Waals surface area contributed by atoms with Crippen molar-refractivity contribution < 1.29 is 23.5 Å². The Balaban J connectivity index is 2.90. The van der Waals surface area contributed by atoms with Gasteiger partial charge in [-0.15, -0.1) is 0 Å². The number of esters is 1. The van der Waals surface area contributed by atoms with Crippen molar-refractivity contribution in [3.05, 3.63) is 35.6 Å². The lowest BCUT2D eigenvalue weighted by Crippen LogP contribution is -2.36. The van der Waals surface area contributed by atoms with Gasteiger partial charge in [0, 0.05) is 5.56 Å². The predicted octanol–water partition coefficient (Wildman–Crippen LogP) is 3.34. The van der Waals surface area contributed by atoms with Gasteiger partial charge < -0.3 is 14.8 Å². The molecule has 0 bridgehead atoms. The molecule has 0 aliphatic carbocycles. The van der Waals surface area contributed by atoms with Crippen LogP contribution in [0.3, 0.4) is 0 Å². The standard InChI is InChI=1S/C16H22FNO4/c1-5-21-14(19)10-13(11-8-6-7-9-12(11)17)18-15(20)22-16(2,3)4/h6-9,13H,5,10H2,1-4H3,(H,18,20). The Morgan fingerprint density at radius 1 is 1.27 bits per heavy atom. The van der Waals surface area contributed by atoms with Crippen LogP contribution in [0.15, 0.2) is 24.3 Å². The van der Waals surface area contributed by atoms with E-state index in [9.17, 15) is 14.0 Å². The third-order valence-electron chi connectivity index (χ3n) is 2.65. The van der Waals surface area contributed by atoms with Gasteiger partial charge in [-0.1, -0.05) is 18.2 Å². The summed E-state index contributed by atoms with van der Waals surface area (Å²) in [6, 6.07) is 5.09. The molecule has 1 aromatic carbocycles. The van der Waals surface area contributed by atoms with Crippen LogP contribution < -0.4 is 5.32 Å². The number of rotatable bonds is 5. The Bertz CT molecular complexity index is 525. The SMILES string of the molecule is CCOC(=O)CC(NC(=O)OC(C)(C)C)c1ccccc1F. The Labute approximate surface area is 129 Å². The molecule has 122 valence electrons. The number of hydrogen-bond donors (Lipinski definition) is 1. The van der Waals surface area contributed by atoms with E-state index < -0.39 is 29.5 Å². The summed E-state index contributed by atoms with van der Waals surface area (Å²) in [5, 5.41) is 2.52. The first-order valence-corrected chi connectivity index (χ1v) is 7.12. The van der Waals surface area contributed by atoms with Crippen molar-refractivity contribution >= 4 is 12.1 Å². The monoisotopic (exact) mass is 311 g/mol. The number of halogens is 1. The summed E-state index contributed by atoms with van der Waals surface area (Å²) in [6.45, 7) is 7.05. The first-order chi connectivity index (χ1) is 10.2. The van der Waals surface area contributed by atoms with E-state index in [0.717, 1.165) is 0 Å². The number of carbonyl (C=O) groups is 2. The molecule has 1 amide bonds. The van der Waals surface area contributed by atoms with Crippen molar-refractivity contribution in [2.24, 2.45) is 0 Å². The molecule has 0 saturated carbocycles. The molecule has 0 aromatic heterocycles. The van der Waals surface area contributed by atoms with E-state index in [-0.39, 0.29) is 18.6 Å². The highest BCUT2D eigenvalue weighted by molar-refractivity contribution is 5.73. The Hall–Kier alpha value is -2.11. The van der Waals surface area contributed by atoms with Crippen LogP contribution in [0.2, 0.25) is 0 Å². The van der Waals surface area contributed by atoms with Crippen LogP contribution in [-0.2, 0) is 14.3 Å². The second-order valence-corrected chi connectivity index (χ2v) is 5.73. The number of amides is 1. The number of alkyl carbamates (subject to hydrolysis) is 1. The van der Waals surface area contributed by atoms with Gasteiger partial charge in [0.15, 0.2) is 0 Å². The van der Waals surface area contributed by atoms with Crippen LogP contribution in [0.25, 0.3) is 0 Å². The minimum atomic E-state index is -0.852. The highest BCUT2D eigenvalue weighted by atomic mass is 19.1. The number of nitrogens with one attached hydrogen (secondary N) is 1. The Kier molecular flexibility index (Phi) is 6.34. The lowest BCUT2D eigenvalue weighted by Gasteiger charge is -2.23. The summed E-state index contributed by atoms with van der Waals surface area (Å²) in [4.78, 5) is 23.6. The van der Waals surface area contributed by atoms with Gasteiger partial charge in [0.05, 0.1) is 19.1 Å². The third kappa shape index (κ3) is 6.11. The molecule has 0 aliphatic rings.